The van der Waals surface area contributed by atoms with Crippen molar-refractivity contribution in [3.63, 3.8) is 0 Å². The van der Waals surface area contributed by atoms with Gasteiger partial charge in [-0.15, -0.1) is 0 Å². The van der Waals surface area contributed by atoms with Gasteiger partial charge in [0.25, 0.3) is 5.91 Å². The molecule has 3 rings (SSSR count). The monoisotopic (exact) mass is 298 g/mol. The second-order valence-corrected chi connectivity index (χ2v) is 8.23. The van der Waals surface area contributed by atoms with Crippen molar-refractivity contribution in [2.75, 3.05) is 18.8 Å². The molecule has 0 N–H and O–H groups in total. The largest absolute Gasteiger partial charge is 0.351 e. The van der Waals surface area contributed by atoms with E-state index in [1.54, 1.807) is 17.9 Å². The van der Waals surface area contributed by atoms with Gasteiger partial charge in [0.1, 0.15) is 0 Å². The number of rotatable bonds is 1. The van der Waals surface area contributed by atoms with Gasteiger partial charge in [0, 0.05) is 19.2 Å². The normalized spacial score (nSPS) is 24.1. The molecule has 1 amide bonds. The molecule has 0 aromatic carbocycles. The first-order chi connectivity index (χ1) is 9.44. The van der Waals surface area contributed by atoms with Crippen molar-refractivity contribution >= 4 is 15.7 Å². The van der Waals surface area contributed by atoms with E-state index in [-0.39, 0.29) is 24.0 Å². The van der Waals surface area contributed by atoms with Crippen LogP contribution in [-0.4, -0.2) is 48.0 Å². The van der Waals surface area contributed by atoms with Gasteiger partial charge in [0.2, 0.25) is 5.76 Å². The third kappa shape index (κ3) is 2.04. The number of aromatic nitrogens is 1. The molecule has 20 heavy (non-hydrogen) atoms. The minimum atomic E-state index is -3.11. The quantitative estimate of drug-likeness (QED) is 0.777. The standard InChI is InChI=1S/C13H18N2O4S/c1-10-9-11(19-14-10)12(16)15-6-5-13(3-2-4-13)20(17,18)8-7-15/h9H,2-8H2,1H3. The van der Waals surface area contributed by atoms with E-state index in [1.165, 1.54) is 0 Å². The van der Waals surface area contributed by atoms with Crippen LogP contribution in [0.4, 0.5) is 0 Å². The van der Waals surface area contributed by atoms with Gasteiger partial charge in [-0.05, 0) is 26.2 Å². The molecule has 0 bridgehead atoms. The Labute approximate surface area is 118 Å². The van der Waals surface area contributed by atoms with Crippen molar-refractivity contribution in [3.05, 3.63) is 17.5 Å². The predicted octanol–water partition coefficient (Wildman–Crippen LogP) is 1.17. The summed E-state index contributed by atoms with van der Waals surface area (Å²) in [7, 11) is -3.11. The number of sulfone groups is 1. The SMILES string of the molecule is Cc1cc(C(=O)N2CCC3(CCC3)S(=O)(=O)CC2)on1. The Morgan fingerprint density at radius 3 is 2.65 bits per heavy atom. The Balaban J connectivity index is 1.79. The van der Waals surface area contributed by atoms with Crippen LogP contribution >= 0.6 is 0 Å². The van der Waals surface area contributed by atoms with E-state index in [9.17, 15) is 13.2 Å². The lowest BCUT2D eigenvalue weighted by Crippen LogP contribution is -2.46. The number of carbonyl (C=O) groups excluding carboxylic acids is 1. The minimum absolute atomic E-state index is 0.0475. The summed E-state index contributed by atoms with van der Waals surface area (Å²) in [5, 5.41) is 3.70. The van der Waals surface area contributed by atoms with Crippen LogP contribution < -0.4 is 0 Å². The maximum absolute atomic E-state index is 12.3. The van der Waals surface area contributed by atoms with Gasteiger partial charge >= 0.3 is 0 Å². The first-order valence-corrected chi connectivity index (χ1v) is 8.54. The zero-order valence-corrected chi connectivity index (χ0v) is 12.3. The highest BCUT2D eigenvalue weighted by Gasteiger charge is 2.50. The van der Waals surface area contributed by atoms with Crippen LogP contribution in [0.15, 0.2) is 10.6 Å². The maximum Gasteiger partial charge on any atom is 0.292 e. The van der Waals surface area contributed by atoms with Crippen LogP contribution in [0.1, 0.15) is 41.9 Å². The molecule has 1 spiro atoms. The van der Waals surface area contributed by atoms with Gasteiger partial charge in [-0.3, -0.25) is 4.79 Å². The zero-order valence-electron chi connectivity index (χ0n) is 11.5. The third-order valence-corrected chi connectivity index (χ3v) is 7.17. The van der Waals surface area contributed by atoms with Crippen molar-refractivity contribution in [1.29, 1.82) is 0 Å². The highest BCUT2D eigenvalue weighted by molar-refractivity contribution is 7.92. The van der Waals surface area contributed by atoms with Gasteiger partial charge in [-0.2, -0.15) is 0 Å². The Bertz CT molecular complexity index is 631. The molecule has 2 fully saturated rings. The first-order valence-electron chi connectivity index (χ1n) is 6.88. The summed E-state index contributed by atoms with van der Waals surface area (Å²) in [5.41, 5.74) is 0.645. The summed E-state index contributed by atoms with van der Waals surface area (Å²) in [6.07, 6.45) is 2.97. The third-order valence-electron chi connectivity index (χ3n) is 4.52. The van der Waals surface area contributed by atoms with Crippen LogP contribution in [0.3, 0.4) is 0 Å². The fourth-order valence-corrected chi connectivity index (χ4v) is 5.22. The summed E-state index contributed by atoms with van der Waals surface area (Å²) in [6.45, 7) is 2.46. The van der Waals surface area contributed by atoms with Gasteiger partial charge < -0.3 is 9.42 Å². The summed E-state index contributed by atoms with van der Waals surface area (Å²) in [5.74, 6) is -0.0343. The number of amides is 1. The molecule has 7 heteroatoms. The van der Waals surface area contributed by atoms with Crippen LogP contribution in [0.5, 0.6) is 0 Å². The minimum Gasteiger partial charge on any atom is -0.351 e. The molecule has 6 nitrogen and oxygen atoms in total. The number of aryl methyl sites for hydroxylation is 1. The molecule has 1 saturated heterocycles. The van der Waals surface area contributed by atoms with Crippen LogP contribution in [0, 0.1) is 6.92 Å². The second kappa shape index (κ2) is 4.58. The first kappa shape index (κ1) is 13.6. The van der Waals surface area contributed by atoms with Gasteiger partial charge in [-0.1, -0.05) is 11.6 Å². The lowest BCUT2D eigenvalue weighted by molar-refractivity contribution is 0.0717. The Morgan fingerprint density at radius 2 is 2.10 bits per heavy atom. The van der Waals surface area contributed by atoms with Crippen molar-refractivity contribution in [1.82, 2.24) is 10.1 Å². The molecule has 2 aliphatic rings. The smallest absolute Gasteiger partial charge is 0.292 e. The Hall–Kier alpha value is -1.37. The summed E-state index contributed by atoms with van der Waals surface area (Å²) >= 11 is 0. The van der Waals surface area contributed by atoms with Crippen molar-refractivity contribution in [2.24, 2.45) is 0 Å². The number of nitrogens with zero attached hydrogens (tertiary/aromatic N) is 2. The lowest BCUT2D eigenvalue weighted by atomic mass is 9.81. The van der Waals surface area contributed by atoms with Gasteiger partial charge in [0.05, 0.1) is 16.2 Å². The van der Waals surface area contributed by atoms with Crippen molar-refractivity contribution in [3.8, 4) is 0 Å². The highest BCUT2D eigenvalue weighted by atomic mass is 32.2. The molecular weight excluding hydrogens is 280 g/mol. The van der Waals surface area contributed by atoms with Crippen LogP contribution in [0.25, 0.3) is 0 Å². The predicted molar refractivity (Wildman–Crippen MR) is 72.1 cm³/mol. The molecule has 0 atom stereocenters. The van der Waals surface area contributed by atoms with E-state index in [0.29, 0.717) is 18.7 Å². The van der Waals surface area contributed by atoms with Gasteiger partial charge in [-0.25, -0.2) is 8.42 Å². The molecule has 1 aliphatic heterocycles. The highest BCUT2D eigenvalue weighted by Crippen LogP contribution is 2.43. The number of carbonyl (C=O) groups is 1. The Kier molecular flexibility index (Phi) is 3.12. The molecule has 110 valence electrons. The van der Waals surface area contributed by atoms with E-state index in [1.807, 2.05) is 0 Å². The fourth-order valence-electron chi connectivity index (χ4n) is 3.01. The van der Waals surface area contributed by atoms with Crippen LogP contribution in [-0.2, 0) is 9.84 Å². The number of hydrogen-bond acceptors (Lipinski definition) is 5. The Morgan fingerprint density at radius 1 is 1.35 bits per heavy atom. The van der Waals surface area contributed by atoms with Gasteiger partial charge in [0.15, 0.2) is 9.84 Å². The van der Waals surface area contributed by atoms with E-state index < -0.39 is 14.6 Å². The maximum atomic E-state index is 12.3. The summed E-state index contributed by atoms with van der Waals surface area (Å²) in [4.78, 5) is 13.9. The molecule has 2 heterocycles. The molecule has 1 aromatic rings. The molecule has 1 aromatic heterocycles. The topological polar surface area (TPSA) is 80.5 Å². The zero-order chi connectivity index (χ0) is 14.4. The van der Waals surface area contributed by atoms with Crippen LogP contribution in [0.2, 0.25) is 0 Å². The number of hydrogen-bond donors (Lipinski definition) is 0. The molecular formula is C13H18N2O4S. The lowest BCUT2D eigenvalue weighted by Gasteiger charge is -2.39. The van der Waals surface area contributed by atoms with E-state index in [0.717, 1.165) is 19.3 Å². The van der Waals surface area contributed by atoms with Crippen molar-refractivity contribution in [2.45, 2.75) is 37.4 Å². The van der Waals surface area contributed by atoms with E-state index in [2.05, 4.69) is 5.16 Å². The summed E-state index contributed by atoms with van der Waals surface area (Å²) in [6, 6.07) is 1.58. The summed E-state index contributed by atoms with van der Waals surface area (Å²) < 4.78 is 29.1. The van der Waals surface area contributed by atoms with E-state index in [4.69, 9.17) is 4.52 Å². The molecule has 0 unspecified atom stereocenters. The molecule has 1 saturated carbocycles. The average molecular weight is 298 g/mol. The molecule has 0 radical (unpaired) electrons. The average Bonchev–Trinajstić information content (AvgIpc) is 2.70. The molecule has 1 aliphatic carbocycles. The van der Waals surface area contributed by atoms with E-state index >= 15 is 0 Å². The second-order valence-electron chi connectivity index (χ2n) is 5.73. The van der Waals surface area contributed by atoms with Crippen molar-refractivity contribution < 1.29 is 17.7 Å². The fraction of sp³-hybridized carbons (Fsp3) is 0.692.